The molecule has 2 saturated heterocycles. The molecule has 164 valence electrons. The average Bonchev–Trinajstić information content (AvgIpc) is 2.88. The number of halogens is 3. The fourth-order valence-corrected chi connectivity index (χ4v) is 3.80. The van der Waals surface area contributed by atoms with Gasteiger partial charge < -0.3 is 19.4 Å². The monoisotopic (exact) mass is 427 g/mol. The Balaban J connectivity index is 1.74. The predicted octanol–water partition coefficient (Wildman–Crippen LogP) is 2.13. The molecule has 1 aromatic rings. The third-order valence-electron chi connectivity index (χ3n) is 5.05. The second-order valence-corrected chi connectivity index (χ2v) is 7.89. The van der Waals surface area contributed by atoms with E-state index < -0.39 is 24.1 Å². The van der Waals surface area contributed by atoms with Crippen LogP contribution in [-0.4, -0.2) is 77.5 Å². The molecule has 7 nitrogen and oxygen atoms in total. The standard InChI is InChI=1S/C20H24F3N3O4/c1-13(2)10-25-12-17(27)26-9-3-8-24(11-16(26)19(25)29)18(28)14-4-6-15(7-5-14)30-20(21,22)23/h4-7,13,16H,3,8-12H2,1-2H3. The molecule has 0 bridgehead atoms. The van der Waals surface area contributed by atoms with Crippen LogP contribution in [0.3, 0.4) is 0 Å². The first kappa shape index (κ1) is 21.9. The van der Waals surface area contributed by atoms with Gasteiger partial charge in [0.25, 0.3) is 5.91 Å². The Kier molecular flexibility index (Phi) is 6.23. The van der Waals surface area contributed by atoms with Gasteiger partial charge in [-0.1, -0.05) is 13.8 Å². The summed E-state index contributed by atoms with van der Waals surface area (Å²) >= 11 is 0. The summed E-state index contributed by atoms with van der Waals surface area (Å²) in [6, 6.07) is 3.91. The van der Waals surface area contributed by atoms with Gasteiger partial charge >= 0.3 is 6.36 Å². The van der Waals surface area contributed by atoms with E-state index >= 15 is 0 Å². The third-order valence-corrected chi connectivity index (χ3v) is 5.05. The number of hydrogen-bond acceptors (Lipinski definition) is 4. The van der Waals surface area contributed by atoms with Crippen molar-refractivity contribution in [1.82, 2.24) is 14.7 Å². The first-order valence-corrected chi connectivity index (χ1v) is 9.78. The Morgan fingerprint density at radius 2 is 1.83 bits per heavy atom. The SMILES string of the molecule is CC(C)CN1CC(=O)N2CCCN(C(=O)c3ccc(OC(F)(F)F)cc3)CC2C1=O. The number of alkyl halides is 3. The molecule has 1 unspecified atom stereocenters. The van der Waals surface area contributed by atoms with Gasteiger partial charge in [0.15, 0.2) is 0 Å². The van der Waals surface area contributed by atoms with Crippen LogP contribution in [0.25, 0.3) is 0 Å². The van der Waals surface area contributed by atoms with E-state index in [-0.39, 0.29) is 36.4 Å². The van der Waals surface area contributed by atoms with Gasteiger partial charge in [-0.15, -0.1) is 13.2 Å². The Bertz CT molecular complexity index is 811. The molecule has 2 fully saturated rings. The summed E-state index contributed by atoms with van der Waals surface area (Å²) in [4.78, 5) is 42.9. The number of fused-ring (bicyclic) bond motifs is 1. The van der Waals surface area contributed by atoms with Gasteiger partial charge in [0.05, 0.1) is 13.1 Å². The molecule has 2 heterocycles. The van der Waals surface area contributed by atoms with E-state index in [1.807, 2.05) is 13.8 Å². The van der Waals surface area contributed by atoms with Crippen LogP contribution >= 0.6 is 0 Å². The number of carbonyl (C=O) groups excluding carboxylic acids is 3. The fraction of sp³-hybridized carbons (Fsp3) is 0.550. The van der Waals surface area contributed by atoms with Crippen molar-refractivity contribution in [2.75, 3.05) is 32.7 Å². The molecule has 3 rings (SSSR count). The summed E-state index contributed by atoms with van der Waals surface area (Å²) in [5, 5.41) is 0. The van der Waals surface area contributed by atoms with Crippen LogP contribution in [-0.2, 0) is 9.59 Å². The smallest absolute Gasteiger partial charge is 0.406 e. The molecule has 3 amide bonds. The topological polar surface area (TPSA) is 70.2 Å². The third kappa shape index (κ3) is 5.03. The van der Waals surface area contributed by atoms with Crippen molar-refractivity contribution in [3.05, 3.63) is 29.8 Å². The highest BCUT2D eigenvalue weighted by Crippen LogP contribution is 2.24. The maximum Gasteiger partial charge on any atom is 0.573 e. The van der Waals surface area contributed by atoms with E-state index in [9.17, 15) is 27.6 Å². The fourth-order valence-electron chi connectivity index (χ4n) is 3.80. The molecule has 30 heavy (non-hydrogen) atoms. The van der Waals surface area contributed by atoms with Crippen LogP contribution in [0.5, 0.6) is 5.75 Å². The van der Waals surface area contributed by atoms with Gasteiger partial charge in [-0.05, 0) is 36.6 Å². The van der Waals surface area contributed by atoms with Crippen molar-refractivity contribution in [3.8, 4) is 5.75 Å². The van der Waals surface area contributed by atoms with Gasteiger partial charge in [-0.2, -0.15) is 0 Å². The number of hydrogen-bond donors (Lipinski definition) is 0. The van der Waals surface area contributed by atoms with Crippen LogP contribution in [0.4, 0.5) is 13.2 Å². The molecule has 1 atom stereocenters. The molecular formula is C20H24F3N3O4. The lowest BCUT2D eigenvalue weighted by Crippen LogP contribution is -2.62. The zero-order valence-electron chi connectivity index (χ0n) is 16.8. The number of carbonyl (C=O) groups is 3. The number of piperazine rings is 1. The number of rotatable bonds is 4. The van der Waals surface area contributed by atoms with Gasteiger partial charge in [0.1, 0.15) is 11.8 Å². The average molecular weight is 427 g/mol. The summed E-state index contributed by atoms with van der Waals surface area (Å²) in [5.74, 6) is -0.940. The summed E-state index contributed by atoms with van der Waals surface area (Å²) < 4.78 is 40.7. The summed E-state index contributed by atoms with van der Waals surface area (Å²) in [5.41, 5.74) is 0.187. The molecule has 0 aliphatic carbocycles. The van der Waals surface area contributed by atoms with E-state index in [1.165, 1.54) is 26.8 Å². The first-order chi connectivity index (χ1) is 14.0. The second kappa shape index (κ2) is 8.53. The van der Waals surface area contributed by atoms with Crippen molar-refractivity contribution in [2.45, 2.75) is 32.7 Å². The number of benzene rings is 1. The van der Waals surface area contributed by atoms with Crippen molar-refractivity contribution in [2.24, 2.45) is 5.92 Å². The molecule has 0 saturated carbocycles. The van der Waals surface area contributed by atoms with Crippen molar-refractivity contribution < 1.29 is 32.3 Å². The first-order valence-electron chi connectivity index (χ1n) is 9.78. The molecule has 2 aliphatic heterocycles. The summed E-state index contributed by atoms with van der Waals surface area (Å²) in [7, 11) is 0. The largest absolute Gasteiger partial charge is 0.573 e. The minimum absolute atomic E-state index is 0.0438. The Hall–Kier alpha value is -2.78. The van der Waals surface area contributed by atoms with Gasteiger partial charge in [0.2, 0.25) is 11.8 Å². The number of amides is 3. The highest BCUT2D eigenvalue weighted by molar-refractivity contribution is 5.97. The van der Waals surface area contributed by atoms with Crippen molar-refractivity contribution in [1.29, 1.82) is 0 Å². The van der Waals surface area contributed by atoms with Crippen LogP contribution in [0.1, 0.15) is 30.6 Å². The normalized spacial score (nSPS) is 20.3. The van der Waals surface area contributed by atoms with E-state index in [1.54, 1.807) is 0 Å². The second-order valence-electron chi connectivity index (χ2n) is 7.89. The van der Waals surface area contributed by atoms with E-state index in [0.29, 0.717) is 26.1 Å². The molecule has 2 aliphatic rings. The highest BCUT2D eigenvalue weighted by Gasteiger charge is 2.42. The zero-order chi connectivity index (χ0) is 22.1. The number of ether oxygens (including phenoxy) is 1. The van der Waals surface area contributed by atoms with Gasteiger partial charge in [-0.25, -0.2) is 0 Å². The van der Waals surface area contributed by atoms with Gasteiger partial charge in [0, 0.05) is 25.2 Å². The molecule has 0 radical (unpaired) electrons. The maximum absolute atomic E-state index is 12.9. The Labute approximate surface area is 172 Å². The number of nitrogens with zero attached hydrogens (tertiary/aromatic N) is 3. The van der Waals surface area contributed by atoms with Crippen LogP contribution < -0.4 is 4.74 Å². The Morgan fingerprint density at radius 1 is 1.17 bits per heavy atom. The van der Waals surface area contributed by atoms with Crippen molar-refractivity contribution in [3.63, 3.8) is 0 Å². The predicted molar refractivity (Wildman–Crippen MR) is 101 cm³/mol. The lowest BCUT2D eigenvalue weighted by atomic mass is 10.1. The van der Waals surface area contributed by atoms with Crippen molar-refractivity contribution >= 4 is 17.7 Å². The molecule has 0 N–H and O–H groups in total. The van der Waals surface area contributed by atoms with Crippen LogP contribution in [0.2, 0.25) is 0 Å². The highest BCUT2D eigenvalue weighted by atomic mass is 19.4. The molecule has 10 heteroatoms. The van der Waals surface area contributed by atoms with Gasteiger partial charge in [-0.3, -0.25) is 14.4 Å². The van der Waals surface area contributed by atoms with Crippen LogP contribution in [0.15, 0.2) is 24.3 Å². The zero-order valence-corrected chi connectivity index (χ0v) is 16.8. The van der Waals surface area contributed by atoms with E-state index in [2.05, 4.69) is 4.74 Å². The molecule has 0 spiro atoms. The minimum atomic E-state index is -4.81. The van der Waals surface area contributed by atoms with Crippen LogP contribution in [0, 0.1) is 5.92 Å². The summed E-state index contributed by atoms with van der Waals surface area (Å²) in [6.07, 6.45) is -4.30. The molecule has 1 aromatic carbocycles. The lowest BCUT2D eigenvalue weighted by Gasteiger charge is -2.40. The lowest BCUT2D eigenvalue weighted by molar-refractivity contribution is -0.274. The maximum atomic E-state index is 12.9. The molecular weight excluding hydrogens is 403 g/mol. The van der Waals surface area contributed by atoms with E-state index in [4.69, 9.17) is 0 Å². The minimum Gasteiger partial charge on any atom is -0.406 e. The quantitative estimate of drug-likeness (QED) is 0.738. The molecule has 0 aromatic heterocycles. The summed E-state index contributed by atoms with van der Waals surface area (Å²) in [6.45, 7) is 5.20. The Morgan fingerprint density at radius 3 is 2.43 bits per heavy atom. The van der Waals surface area contributed by atoms with E-state index in [0.717, 1.165) is 12.1 Å².